The summed E-state index contributed by atoms with van der Waals surface area (Å²) in [6, 6.07) is 11.3. The maximum atomic E-state index is 13.0. The van der Waals surface area contributed by atoms with E-state index in [-0.39, 0.29) is 24.1 Å². The lowest BCUT2D eigenvalue weighted by molar-refractivity contribution is -0.120. The number of hydrogen-bond acceptors (Lipinski definition) is 4. The Labute approximate surface area is 170 Å². The van der Waals surface area contributed by atoms with Crippen molar-refractivity contribution < 1.29 is 14.4 Å². The van der Waals surface area contributed by atoms with Gasteiger partial charge in [-0.15, -0.1) is 0 Å². The van der Waals surface area contributed by atoms with Crippen molar-refractivity contribution in [3.63, 3.8) is 0 Å². The molecular weight excluding hydrogens is 370 g/mol. The van der Waals surface area contributed by atoms with Gasteiger partial charge in [-0.3, -0.25) is 19.1 Å². The third kappa shape index (κ3) is 5.43. The minimum absolute atomic E-state index is 0.123. The van der Waals surface area contributed by atoms with E-state index >= 15 is 0 Å². The Kier molecular flexibility index (Phi) is 6.64. The van der Waals surface area contributed by atoms with Crippen LogP contribution in [0.4, 0.5) is 0 Å². The number of benzene rings is 1. The standard InChI is InChI=1S/C21H27N5O3/c1-15(2)12-22-19(27)13-23-20(28)17-11-18-21(29)25(9-6-10-26(18)24-17)14-16-7-4-3-5-8-16/h3-5,7-8,11,15H,6,9-10,12-14H2,1-2H3,(H,22,27)(H,23,28). The number of nitrogens with one attached hydrogen (secondary N) is 2. The molecule has 0 fully saturated rings. The van der Waals surface area contributed by atoms with Gasteiger partial charge in [0.1, 0.15) is 5.69 Å². The number of rotatable bonds is 7. The van der Waals surface area contributed by atoms with E-state index in [0.717, 1.165) is 12.0 Å². The average molecular weight is 397 g/mol. The number of aromatic nitrogens is 2. The summed E-state index contributed by atoms with van der Waals surface area (Å²) in [6.45, 7) is 6.14. The summed E-state index contributed by atoms with van der Waals surface area (Å²) < 4.78 is 1.58. The Balaban J connectivity index is 1.64. The molecule has 2 heterocycles. The van der Waals surface area contributed by atoms with Gasteiger partial charge in [0.05, 0.1) is 6.54 Å². The molecule has 3 rings (SSSR count). The van der Waals surface area contributed by atoms with Crippen molar-refractivity contribution in [1.82, 2.24) is 25.3 Å². The van der Waals surface area contributed by atoms with Gasteiger partial charge in [0.2, 0.25) is 5.91 Å². The van der Waals surface area contributed by atoms with Gasteiger partial charge in [-0.05, 0) is 17.9 Å². The van der Waals surface area contributed by atoms with Gasteiger partial charge >= 0.3 is 0 Å². The van der Waals surface area contributed by atoms with E-state index in [4.69, 9.17) is 0 Å². The van der Waals surface area contributed by atoms with Crippen molar-refractivity contribution in [2.75, 3.05) is 19.6 Å². The second-order valence-corrected chi connectivity index (χ2v) is 7.58. The fourth-order valence-corrected chi connectivity index (χ4v) is 3.13. The van der Waals surface area contributed by atoms with Crippen LogP contribution in [0.2, 0.25) is 0 Å². The van der Waals surface area contributed by atoms with Crippen molar-refractivity contribution in [1.29, 1.82) is 0 Å². The first-order valence-electron chi connectivity index (χ1n) is 9.90. The van der Waals surface area contributed by atoms with Crippen LogP contribution in [0.5, 0.6) is 0 Å². The van der Waals surface area contributed by atoms with Gasteiger partial charge < -0.3 is 15.5 Å². The zero-order valence-electron chi connectivity index (χ0n) is 16.9. The molecule has 2 N–H and O–H groups in total. The van der Waals surface area contributed by atoms with Crippen molar-refractivity contribution in [2.45, 2.75) is 33.4 Å². The smallest absolute Gasteiger partial charge is 0.272 e. The van der Waals surface area contributed by atoms with Crippen LogP contribution in [-0.2, 0) is 17.9 Å². The first kappa shape index (κ1) is 20.6. The number of hydrogen-bond donors (Lipinski definition) is 2. The molecule has 2 aromatic rings. The molecule has 0 bridgehead atoms. The third-order valence-electron chi connectivity index (χ3n) is 4.65. The first-order chi connectivity index (χ1) is 13.9. The SMILES string of the molecule is CC(C)CNC(=O)CNC(=O)c1cc2n(n1)CCCN(Cc1ccccc1)C2=O. The maximum Gasteiger partial charge on any atom is 0.272 e. The van der Waals surface area contributed by atoms with E-state index in [9.17, 15) is 14.4 Å². The molecule has 8 nitrogen and oxygen atoms in total. The molecule has 0 radical (unpaired) electrons. The topological polar surface area (TPSA) is 96.3 Å². The number of aryl methyl sites for hydroxylation is 1. The molecule has 8 heteroatoms. The minimum Gasteiger partial charge on any atom is -0.354 e. The molecular formula is C21H27N5O3. The molecule has 0 aliphatic carbocycles. The fourth-order valence-electron chi connectivity index (χ4n) is 3.13. The summed E-state index contributed by atoms with van der Waals surface area (Å²) >= 11 is 0. The van der Waals surface area contributed by atoms with E-state index < -0.39 is 5.91 Å². The van der Waals surface area contributed by atoms with Crippen LogP contribution in [0.15, 0.2) is 36.4 Å². The normalized spacial score (nSPS) is 13.8. The van der Waals surface area contributed by atoms with Crippen LogP contribution < -0.4 is 10.6 Å². The molecule has 1 aromatic heterocycles. The van der Waals surface area contributed by atoms with Crippen molar-refractivity contribution in [2.24, 2.45) is 5.92 Å². The van der Waals surface area contributed by atoms with Gasteiger partial charge in [-0.1, -0.05) is 44.2 Å². The van der Waals surface area contributed by atoms with Crippen LogP contribution in [0.3, 0.4) is 0 Å². The maximum absolute atomic E-state index is 13.0. The van der Waals surface area contributed by atoms with E-state index in [1.54, 1.807) is 9.58 Å². The van der Waals surface area contributed by atoms with Crippen LogP contribution in [-0.4, -0.2) is 52.0 Å². The predicted octanol–water partition coefficient (Wildman–Crippen LogP) is 1.43. The second kappa shape index (κ2) is 9.36. The summed E-state index contributed by atoms with van der Waals surface area (Å²) in [7, 11) is 0. The minimum atomic E-state index is -0.465. The largest absolute Gasteiger partial charge is 0.354 e. The molecule has 29 heavy (non-hydrogen) atoms. The molecule has 1 aromatic carbocycles. The third-order valence-corrected chi connectivity index (χ3v) is 4.65. The van der Waals surface area contributed by atoms with Crippen molar-refractivity contribution in [3.8, 4) is 0 Å². The number of carbonyl (C=O) groups excluding carboxylic acids is 3. The fraction of sp³-hybridized carbons (Fsp3) is 0.429. The molecule has 154 valence electrons. The van der Waals surface area contributed by atoms with Crippen LogP contribution in [0.1, 0.15) is 46.8 Å². The zero-order valence-corrected chi connectivity index (χ0v) is 16.9. The second-order valence-electron chi connectivity index (χ2n) is 7.58. The van der Waals surface area contributed by atoms with Gasteiger partial charge in [-0.2, -0.15) is 5.10 Å². The Bertz CT molecular complexity index is 876. The highest BCUT2D eigenvalue weighted by Gasteiger charge is 2.26. The Morgan fingerprint density at radius 3 is 2.62 bits per heavy atom. The van der Waals surface area contributed by atoms with Crippen molar-refractivity contribution in [3.05, 3.63) is 53.3 Å². The Morgan fingerprint density at radius 1 is 1.14 bits per heavy atom. The highest BCUT2D eigenvalue weighted by atomic mass is 16.2. The molecule has 0 atom stereocenters. The van der Waals surface area contributed by atoms with Gasteiger partial charge in [0.25, 0.3) is 11.8 Å². The Hall–Kier alpha value is -3.16. The summed E-state index contributed by atoms with van der Waals surface area (Å²) in [5, 5.41) is 9.58. The average Bonchev–Trinajstić information content (AvgIpc) is 3.08. The number of carbonyl (C=O) groups is 3. The van der Waals surface area contributed by atoms with Crippen LogP contribution in [0, 0.1) is 5.92 Å². The first-order valence-corrected chi connectivity index (χ1v) is 9.90. The number of fused-ring (bicyclic) bond motifs is 1. The van der Waals surface area contributed by atoms with Gasteiger partial charge in [0, 0.05) is 32.2 Å². The van der Waals surface area contributed by atoms with E-state index in [0.29, 0.717) is 37.8 Å². The molecule has 0 spiro atoms. The number of amides is 3. The highest BCUT2D eigenvalue weighted by Crippen LogP contribution is 2.16. The lowest BCUT2D eigenvalue weighted by Gasteiger charge is -2.20. The van der Waals surface area contributed by atoms with E-state index in [1.165, 1.54) is 6.07 Å². The van der Waals surface area contributed by atoms with Gasteiger partial charge in [-0.25, -0.2) is 0 Å². The summed E-state index contributed by atoms with van der Waals surface area (Å²) in [5.41, 5.74) is 1.60. The monoisotopic (exact) mass is 397 g/mol. The highest BCUT2D eigenvalue weighted by molar-refractivity contribution is 5.99. The molecule has 0 saturated carbocycles. The van der Waals surface area contributed by atoms with E-state index in [1.807, 2.05) is 44.2 Å². The molecule has 1 aliphatic rings. The van der Waals surface area contributed by atoms with Gasteiger partial charge in [0.15, 0.2) is 5.69 Å². The summed E-state index contributed by atoms with van der Waals surface area (Å²) in [5.74, 6) is -0.526. The molecule has 3 amide bonds. The molecule has 0 unspecified atom stereocenters. The molecule has 0 saturated heterocycles. The van der Waals surface area contributed by atoms with Crippen molar-refractivity contribution >= 4 is 17.7 Å². The predicted molar refractivity (Wildman–Crippen MR) is 108 cm³/mol. The summed E-state index contributed by atoms with van der Waals surface area (Å²) in [4.78, 5) is 38.9. The summed E-state index contributed by atoms with van der Waals surface area (Å²) in [6.07, 6.45) is 0.756. The quantitative estimate of drug-likeness (QED) is 0.739. The number of nitrogens with zero attached hydrogens (tertiary/aromatic N) is 3. The lowest BCUT2D eigenvalue weighted by atomic mass is 10.2. The Morgan fingerprint density at radius 2 is 1.90 bits per heavy atom. The molecule has 1 aliphatic heterocycles. The van der Waals surface area contributed by atoms with Crippen LogP contribution in [0.25, 0.3) is 0 Å². The van der Waals surface area contributed by atoms with E-state index in [2.05, 4.69) is 15.7 Å². The zero-order chi connectivity index (χ0) is 20.8. The lowest BCUT2D eigenvalue weighted by Crippen LogP contribution is -2.38. The van der Waals surface area contributed by atoms with Crippen LogP contribution >= 0.6 is 0 Å².